The zero-order chi connectivity index (χ0) is 24.7. The predicted molar refractivity (Wildman–Crippen MR) is 138 cm³/mol. The fourth-order valence-corrected chi connectivity index (χ4v) is 4.75. The lowest BCUT2D eigenvalue weighted by Gasteiger charge is -2.12. The van der Waals surface area contributed by atoms with Gasteiger partial charge >= 0.3 is 0 Å². The highest BCUT2D eigenvalue weighted by molar-refractivity contribution is 7.88. The van der Waals surface area contributed by atoms with Gasteiger partial charge in [0.2, 0.25) is 10.0 Å². The standard InChI is InChI=1S/C27H26N4O3S/c1-2-16-29-35(33,34)20-22-10-14-24(15-11-22)30-27(32)26-7-4-3-6-25(26)23-12-8-21(9-13-23)19-31-18-5-17-28-31/h2-15,17-18,29H,1,16,19-20H2,(H,30,32). The number of rotatable bonds is 10. The molecule has 2 N–H and O–H groups in total. The quantitative estimate of drug-likeness (QED) is 0.324. The second-order valence-corrected chi connectivity index (χ2v) is 9.80. The molecule has 0 unspecified atom stereocenters. The Morgan fingerprint density at radius 3 is 2.34 bits per heavy atom. The van der Waals surface area contributed by atoms with Crippen LogP contribution in [0.4, 0.5) is 5.69 Å². The third-order valence-electron chi connectivity index (χ3n) is 5.36. The molecular formula is C27H26N4O3S. The topological polar surface area (TPSA) is 93.1 Å². The minimum Gasteiger partial charge on any atom is -0.322 e. The second kappa shape index (κ2) is 10.9. The summed E-state index contributed by atoms with van der Waals surface area (Å²) in [5, 5.41) is 7.14. The number of nitrogens with zero attached hydrogens (tertiary/aromatic N) is 2. The van der Waals surface area contributed by atoms with Crippen LogP contribution >= 0.6 is 0 Å². The monoisotopic (exact) mass is 486 g/mol. The van der Waals surface area contributed by atoms with E-state index in [0.717, 1.165) is 16.7 Å². The first kappa shape index (κ1) is 24.1. The van der Waals surface area contributed by atoms with Crippen LogP contribution in [0.15, 0.2) is 104 Å². The summed E-state index contributed by atoms with van der Waals surface area (Å²) in [5.41, 5.74) is 4.63. The highest BCUT2D eigenvalue weighted by atomic mass is 32.2. The Hall–Kier alpha value is -4.01. The van der Waals surface area contributed by atoms with Crippen molar-refractivity contribution < 1.29 is 13.2 Å². The van der Waals surface area contributed by atoms with E-state index in [1.54, 1.807) is 36.5 Å². The van der Waals surface area contributed by atoms with E-state index in [4.69, 9.17) is 0 Å². The number of amides is 1. The van der Waals surface area contributed by atoms with Crippen molar-refractivity contribution in [1.82, 2.24) is 14.5 Å². The Morgan fingerprint density at radius 1 is 0.943 bits per heavy atom. The number of hydrogen-bond acceptors (Lipinski definition) is 4. The molecule has 178 valence electrons. The van der Waals surface area contributed by atoms with Crippen molar-refractivity contribution in [2.45, 2.75) is 12.3 Å². The lowest BCUT2D eigenvalue weighted by atomic mass is 9.98. The molecule has 0 bridgehead atoms. The van der Waals surface area contributed by atoms with Crippen LogP contribution in [0.1, 0.15) is 21.5 Å². The Kier molecular flexibility index (Phi) is 7.54. The molecule has 1 aromatic heterocycles. The van der Waals surface area contributed by atoms with Gasteiger partial charge in [0.15, 0.2) is 0 Å². The molecule has 0 saturated carbocycles. The van der Waals surface area contributed by atoms with Crippen LogP contribution in [0.3, 0.4) is 0 Å². The normalized spacial score (nSPS) is 11.2. The van der Waals surface area contributed by atoms with Crippen molar-refractivity contribution in [3.8, 4) is 11.1 Å². The van der Waals surface area contributed by atoms with Crippen molar-refractivity contribution in [1.29, 1.82) is 0 Å². The molecule has 8 heteroatoms. The summed E-state index contributed by atoms with van der Waals surface area (Å²) in [7, 11) is -3.44. The molecule has 0 aliphatic heterocycles. The fourth-order valence-electron chi connectivity index (χ4n) is 3.64. The van der Waals surface area contributed by atoms with E-state index in [1.807, 2.05) is 59.4 Å². The van der Waals surface area contributed by atoms with Gasteiger partial charge in [0.25, 0.3) is 5.91 Å². The minimum absolute atomic E-state index is 0.145. The second-order valence-electron chi connectivity index (χ2n) is 7.99. The van der Waals surface area contributed by atoms with Crippen molar-refractivity contribution in [2.75, 3.05) is 11.9 Å². The lowest BCUT2D eigenvalue weighted by Crippen LogP contribution is -2.25. The summed E-state index contributed by atoms with van der Waals surface area (Å²) in [4.78, 5) is 13.1. The summed E-state index contributed by atoms with van der Waals surface area (Å²) < 4.78 is 28.4. The van der Waals surface area contributed by atoms with Crippen LogP contribution < -0.4 is 10.0 Å². The Bertz CT molecular complexity index is 1400. The Labute approximate surface area is 205 Å². The average molecular weight is 487 g/mol. The molecular weight excluding hydrogens is 460 g/mol. The number of hydrogen-bond donors (Lipinski definition) is 2. The van der Waals surface area contributed by atoms with E-state index in [-0.39, 0.29) is 18.2 Å². The molecule has 3 aromatic carbocycles. The molecule has 0 saturated heterocycles. The molecule has 4 rings (SSSR count). The maximum absolute atomic E-state index is 13.1. The van der Waals surface area contributed by atoms with Gasteiger partial charge in [-0.15, -0.1) is 6.58 Å². The lowest BCUT2D eigenvalue weighted by molar-refractivity contribution is 0.102. The maximum atomic E-state index is 13.1. The molecule has 4 aromatic rings. The van der Waals surface area contributed by atoms with Gasteiger partial charge in [-0.05, 0) is 46.5 Å². The molecule has 35 heavy (non-hydrogen) atoms. The number of carbonyl (C=O) groups is 1. The van der Waals surface area contributed by atoms with Crippen LogP contribution in [0, 0.1) is 0 Å². The molecule has 0 aliphatic rings. The van der Waals surface area contributed by atoms with Crippen LogP contribution in [0.2, 0.25) is 0 Å². The predicted octanol–water partition coefficient (Wildman–Crippen LogP) is 4.46. The largest absolute Gasteiger partial charge is 0.322 e. The number of carbonyl (C=O) groups excluding carboxylic acids is 1. The van der Waals surface area contributed by atoms with Crippen LogP contribution in [-0.4, -0.2) is 30.7 Å². The molecule has 0 radical (unpaired) electrons. The molecule has 7 nitrogen and oxygen atoms in total. The van der Waals surface area contributed by atoms with Crippen molar-refractivity contribution in [2.24, 2.45) is 0 Å². The summed E-state index contributed by atoms with van der Waals surface area (Å²) in [6.07, 6.45) is 5.16. The van der Waals surface area contributed by atoms with Gasteiger partial charge in [-0.2, -0.15) is 5.10 Å². The summed E-state index contributed by atoms with van der Waals surface area (Å²) in [6.45, 7) is 4.37. The third kappa shape index (κ3) is 6.53. The van der Waals surface area contributed by atoms with Gasteiger partial charge in [0.1, 0.15) is 0 Å². The minimum atomic E-state index is -3.44. The first-order chi connectivity index (χ1) is 16.9. The van der Waals surface area contributed by atoms with Gasteiger partial charge in [0.05, 0.1) is 12.3 Å². The number of benzene rings is 3. The SMILES string of the molecule is C=CCNS(=O)(=O)Cc1ccc(NC(=O)c2ccccc2-c2ccc(Cn3cccn3)cc2)cc1. The Morgan fingerprint density at radius 2 is 1.66 bits per heavy atom. The molecule has 0 spiro atoms. The van der Waals surface area contributed by atoms with Gasteiger partial charge < -0.3 is 5.32 Å². The molecule has 0 atom stereocenters. The highest BCUT2D eigenvalue weighted by Gasteiger charge is 2.14. The average Bonchev–Trinajstić information content (AvgIpc) is 3.37. The van der Waals surface area contributed by atoms with Crippen molar-refractivity contribution in [3.63, 3.8) is 0 Å². The molecule has 1 amide bonds. The molecule has 0 aliphatic carbocycles. The highest BCUT2D eigenvalue weighted by Crippen LogP contribution is 2.25. The number of sulfonamides is 1. The van der Waals surface area contributed by atoms with Crippen molar-refractivity contribution in [3.05, 3.63) is 121 Å². The zero-order valence-corrected chi connectivity index (χ0v) is 19.9. The first-order valence-corrected chi connectivity index (χ1v) is 12.7. The Balaban J connectivity index is 1.46. The summed E-state index contributed by atoms with van der Waals surface area (Å²) >= 11 is 0. The number of aromatic nitrogens is 2. The summed E-state index contributed by atoms with van der Waals surface area (Å²) in [6, 6.07) is 24.2. The smallest absolute Gasteiger partial charge is 0.256 e. The van der Waals surface area contributed by atoms with E-state index in [9.17, 15) is 13.2 Å². The van der Waals surface area contributed by atoms with E-state index >= 15 is 0 Å². The summed E-state index contributed by atoms with van der Waals surface area (Å²) in [5.74, 6) is -0.386. The van der Waals surface area contributed by atoms with E-state index in [2.05, 4.69) is 21.7 Å². The van der Waals surface area contributed by atoms with Gasteiger partial charge in [-0.25, -0.2) is 13.1 Å². The maximum Gasteiger partial charge on any atom is 0.256 e. The third-order valence-corrected chi connectivity index (χ3v) is 6.68. The number of nitrogens with one attached hydrogen (secondary N) is 2. The van der Waals surface area contributed by atoms with E-state index < -0.39 is 10.0 Å². The molecule has 1 heterocycles. The zero-order valence-electron chi connectivity index (χ0n) is 19.1. The number of anilines is 1. The van der Waals surface area contributed by atoms with Crippen molar-refractivity contribution >= 4 is 21.6 Å². The van der Waals surface area contributed by atoms with Crippen LogP contribution in [0.25, 0.3) is 11.1 Å². The van der Waals surface area contributed by atoms with Gasteiger partial charge in [0, 0.05) is 30.2 Å². The van der Waals surface area contributed by atoms with Gasteiger partial charge in [-0.3, -0.25) is 9.48 Å². The van der Waals surface area contributed by atoms with Crippen LogP contribution in [0.5, 0.6) is 0 Å². The van der Waals surface area contributed by atoms with E-state index in [0.29, 0.717) is 23.4 Å². The van der Waals surface area contributed by atoms with Crippen LogP contribution in [-0.2, 0) is 22.3 Å². The molecule has 0 fully saturated rings. The van der Waals surface area contributed by atoms with E-state index in [1.165, 1.54) is 6.08 Å². The fraction of sp³-hybridized carbons (Fsp3) is 0.111. The van der Waals surface area contributed by atoms with Gasteiger partial charge in [-0.1, -0.05) is 60.7 Å². The first-order valence-electron chi connectivity index (χ1n) is 11.1.